The van der Waals surface area contributed by atoms with Crippen LogP contribution in [-0.4, -0.2) is 33.1 Å². The van der Waals surface area contributed by atoms with E-state index >= 15 is 0 Å². The summed E-state index contributed by atoms with van der Waals surface area (Å²) < 4.78 is 32.5. The molecule has 0 saturated heterocycles. The lowest BCUT2D eigenvalue weighted by molar-refractivity contribution is -0.135. The van der Waals surface area contributed by atoms with E-state index in [1.165, 1.54) is 19.2 Å². The SMILES string of the molecule is COc1ccc(S(=O)(=O)N(CC(=O)O)c2cccc(Br)c2)cc1C. The van der Waals surface area contributed by atoms with Crippen LogP contribution >= 0.6 is 15.9 Å². The molecule has 0 amide bonds. The van der Waals surface area contributed by atoms with Gasteiger partial charge in [0.15, 0.2) is 0 Å². The van der Waals surface area contributed by atoms with Crippen LogP contribution in [0.3, 0.4) is 0 Å². The molecule has 0 bridgehead atoms. The van der Waals surface area contributed by atoms with Crippen molar-refractivity contribution in [2.45, 2.75) is 11.8 Å². The zero-order valence-corrected chi connectivity index (χ0v) is 15.5. The first-order valence-corrected chi connectivity index (χ1v) is 9.13. The fourth-order valence-corrected chi connectivity index (χ4v) is 4.09. The predicted molar refractivity (Wildman–Crippen MR) is 94.0 cm³/mol. The quantitative estimate of drug-likeness (QED) is 0.786. The smallest absolute Gasteiger partial charge is 0.324 e. The summed E-state index contributed by atoms with van der Waals surface area (Å²) in [6.45, 7) is 1.04. The van der Waals surface area contributed by atoms with Gasteiger partial charge in [0.2, 0.25) is 0 Å². The van der Waals surface area contributed by atoms with E-state index in [0.717, 1.165) is 4.31 Å². The summed E-state index contributed by atoms with van der Waals surface area (Å²) >= 11 is 3.26. The number of rotatable bonds is 6. The predicted octanol–water partition coefficient (Wildman–Crippen LogP) is 3.05. The van der Waals surface area contributed by atoms with Crippen molar-refractivity contribution >= 4 is 37.6 Å². The zero-order chi connectivity index (χ0) is 17.9. The van der Waals surface area contributed by atoms with Crippen LogP contribution in [0.4, 0.5) is 5.69 Å². The van der Waals surface area contributed by atoms with Gasteiger partial charge in [-0.2, -0.15) is 0 Å². The maximum atomic E-state index is 12.9. The average molecular weight is 414 g/mol. The minimum Gasteiger partial charge on any atom is -0.496 e. The largest absolute Gasteiger partial charge is 0.496 e. The van der Waals surface area contributed by atoms with Gasteiger partial charge in [0, 0.05) is 4.47 Å². The van der Waals surface area contributed by atoms with Crippen LogP contribution < -0.4 is 9.04 Å². The van der Waals surface area contributed by atoms with Crippen molar-refractivity contribution in [3.63, 3.8) is 0 Å². The van der Waals surface area contributed by atoms with Crippen LogP contribution in [0, 0.1) is 6.92 Å². The Morgan fingerprint density at radius 2 is 1.96 bits per heavy atom. The third-order valence-electron chi connectivity index (χ3n) is 3.33. The van der Waals surface area contributed by atoms with Crippen LogP contribution in [0.5, 0.6) is 5.75 Å². The Morgan fingerprint density at radius 1 is 1.25 bits per heavy atom. The van der Waals surface area contributed by atoms with Gasteiger partial charge in [0.1, 0.15) is 12.3 Å². The number of aliphatic carboxylic acids is 1. The molecule has 0 aromatic heterocycles. The van der Waals surface area contributed by atoms with Gasteiger partial charge in [-0.3, -0.25) is 9.10 Å². The first-order chi connectivity index (χ1) is 11.3. The molecule has 0 saturated carbocycles. The lowest BCUT2D eigenvalue weighted by Crippen LogP contribution is -2.35. The molecule has 1 N–H and O–H groups in total. The summed E-state index contributed by atoms with van der Waals surface area (Å²) in [5, 5.41) is 9.12. The Hall–Kier alpha value is -2.06. The fourth-order valence-electron chi connectivity index (χ4n) is 2.21. The number of methoxy groups -OCH3 is 1. The van der Waals surface area contributed by atoms with E-state index in [4.69, 9.17) is 9.84 Å². The number of benzene rings is 2. The third-order valence-corrected chi connectivity index (χ3v) is 5.59. The van der Waals surface area contributed by atoms with E-state index in [1.54, 1.807) is 37.3 Å². The van der Waals surface area contributed by atoms with Gasteiger partial charge in [0.05, 0.1) is 17.7 Å². The van der Waals surface area contributed by atoms with Crippen molar-refractivity contribution in [1.29, 1.82) is 0 Å². The zero-order valence-electron chi connectivity index (χ0n) is 13.1. The summed E-state index contributed by atoms with van der Waals surface area (Å²) in [5.74, 6) is -0.690. The van der Waals surface area contributed by atoms with Gasteiger partial charge < -0.3 is 9.84 Å². The molecule has 0 radical (unpaired) electrons. The Morgan fingerprint density at radius 3 is 2.50 bits per heavy atom. The Balaban J connectivity index is 2.55. The monoisotopic (exact) mass is 413 g/mol. The van der Waals surface area contributed by atoms with Crippen molar-refractivity contribution in [2.75, 3.05) is 18.0 Å². The van der Waals surface area contributed by atoms with Crippen molar-refractivity contribution in [3.05, 3.63) is 52.5 Å². The number of halogens is 1. The molecule has 0 aliphatic rings. The van der Waals surface area contributed by atoms with Gasteiger partial charge in [-0.25, -0.2) is 8.42 Å². The number of ether oxygens (including phenoxy) is 1. The molecular formula is C16H16BrNO5S. The number of carboxylic acid groups (broad SMARTS) is 1. The molecule has 2 aromatic carbocycles. The van der Waals surface area contributed by atoms with Crippen LogP contribution in [0.25, 0.3) is 0 Å². The average Bonchev–Trinajstić information content (AvgIpc) is 2.52. The number of sulfonamides is 1. The number of hydrogen-bond acceptors (Lipinski definition) is 4. The van der Waals surface area contributed by atoms with Gasteiger partial charge >= 0.3 is 5.97 Å². The molecule has 6 nitrogen and oxygen atoms in total. The fraction of sp³-hybridized carbons (Fsp3) is 0.188. The molecule has 24 heavy (non-hydrogen) atoms. The molecule has 0 heterocycles. The van der Waals surface area contributed by atoms with E-state index in [2.05, 4.69) is 15.9 Å². The van der Waals surface area contributed by atoms with Crippen LogP contribution in [-0.2, 0) is 14.8 Å². The minimum absolute atomic E-state index is 0.00188. The number of carboxylic acids is 1. The maximum Gasteiger partial charge on any atom is 0.324 e. The molecule has 0 fully saturated rings. The maximum absolute atomic E-state index is 12.9. The second kappa shape index (κ2) is 7.23. The van der Waals surface area contributed by atoms with Gasteiger partial charge in [-0.05, 0) is 48.9 Å². The second-order valence-electron chi connectivity index (χ2n) is 5.02. The molecule has 2 rings (SSSR count). The molecule has 0 spiro atoms. The van der Waals surface area contributed by atoms with Gasteiger partial charge in [0.25, 0.3) is 10.0 Å². The van der Waals surface area contributed by atoms with E-state index in [-0.39, 0.29) is 10.6 Å². The number of carbonyl (C=O) groups is 1. The van der Waals surface area contributed by atoms with Crippen LogP contribution in [0.15, 0.2) is 51.8 Å². The standard InChI is InChI=1S/C16H16BrNO5S/c1-11-8-14(6-7-15(11)23-2)24(21,22)18(10-16(19)20)13-5-3-4-12(17)9-13/h3-9H,10H2,1-2H3,(H,19,20). The highest BCUT2D eigenvalue weighted by Crippen LogP contribution is 2.28. The summed E-state index contributed by atoms with van der Waals surface area (Å²) in [6.07, 6.45) is 0. The lowest BCUT2D eigenvalue weighted by atomic mass is 10.2. The molecule has 128 valence electrons. The van der Waals surface area contributed by atoms with Crippen molar-refractivity contribution < 1.29 is 23.1 Å². The minimum atomic E-state index is -4.04. The second-order valence-corrected chi connectivity index (χ2v) is 7.79. The lowest BCUT2D eigenvalue weighted by Gasteiger charge is -2.23. The molecule has 0 atom stereocenters. The highest BCUT2D eigenvalue weighted by atomic mass is 79.9. The van der Waals surface area contributed by atoms with E-state index in [1.807, 2.05) is 0 Å². The van der Waals surface area contributed by atoms with Crippen molar-refractivity contribution in [3.8, 4) is 5.75 Å². The summed E-state index contributed by atoms with van der Waals surface area (Å²) in [6, 6.07) is 10.9. The Labute approximate surface area is 148 Å². The summed E-state index contributed by atoms with van der Waals surface area (Å²) in [7, 11) is -2.54. The van der Waals surface area contributed by atoms with E-state index in [9.17, 15) is 13.2 Å². The topological polar surface area (TPSA) is 83.9 Å². The highest BCUT2D eigenvalue weighted by Gasteiger charge is 2.27. The van der Waals surface area contributed by atoms with E-state index < -0.39 is 22.5 Å². The third kappa shape index (κ3) is 3.88. The number of nitrogens with zero attached hydrogens (tertiary/aromatic N) is 1. The molecule has 0 unspecified atom stereocenters. The highest BCUT2D eigenvalue weighted by molar-refractivity contribution is 9.10. The molecule has 8 heteroatoms. The molecule has 0 aliphatic heterocycles. The Bertz CT molecular complexity index is 867. The number of hydrogen-bond donors (Lipinski definition) is 1. The normalized spacial score (nSPS) is 11.1. The summed E-state index contributed by atoms with van der Waals surface area (Å²) in [4.78, 5) is 11.2. The summed E-state index contributed by atoms with van der Waals surface area (Å²) in [5.41, 5.74) is 0.906. The van der Waals surface area contributed by atoms with Crippen LogP contribution in [0.2, 0.25) is 0 Å². The van der Waals surface area contributed by atoms with Crippen LogP contribution in [0.1, 0.15) is 5.56 Å². The van der Waals surface area contributed by atoms with Crippen molar-refractivity contribution in [1.82, 2.24) is 0 Å². The van der Waals surface area contributed by atoms with Gasteiger partial charge in [-0.15, -0.1) is 0 Å². The molecule has 2 aromatic rings. The van der Waals surface area contributed by atoms with Crippen molar-refractivity contribution in [2.24, 2.45) is 0 Å². The first kappa shape index (κ1) is 18.3. The number of aryl methyl sites for hydroxylation is 1. The van der Waals surface area contributed by atoms with E-state index in [0.29, 0.717) is 15.8 Å². The molecule has 0 aliphatic carbocycles. The van der Waals surface area contributed by atoms with Gasteiger partial charge in [-0.1, -0.05) is 22.0 Å². The number of anilines is 1. The molecular weight excluding hydrogens is 398 g/mol. The first-order valence-electron chi connectivity index (χ1n) is 6.90. The Kier molecular flexibility index (Phi) is 5.51.